The minimum Gasteiger partial charge on any atom is -0.490 e. The van der Waals surface area contributed by atoms with E-state index in [1.165, 1.54) is 6.07 Å². The quantitative estimate of drug-likeness (QED) is 0.597. The fraction of sp³-hybridized carbons (Fsp3) is 0.435. The van der Waals surface area contributed by atoms with Gasteiger partial charge in [0.1, 0.15) is 17.7 Å². The molecule has 1 N–H and O–H groups in total. The molecule has 6 heteroatoms. The molecule has 0 saturated carbocycles. The van der Waals surface area contributed by atoms with Crippen molar-refractivity contribution in [2.75, 3.05) is 40.8 Å². The molecule has 1 saturated heterocycles. The standard InChI is InChI=1S/C23H31FN4O/c1-25-23(26-17-22(27(2)3)18-8-7-9-19(24)16-18)28-14-12-21(13-15-28)29-20-10-5-4-6-11-20/h4-11,16,21-22H,12-15,17H2,1-3H3,(H,25,26). The molecular formula is C23H31FN4O. The van der Waals surface area contributed by atoms with E-state index >= 15 is 0 Å². The zero-order valence-electron chi connectivity index (χ0n) is 17.5. The molecule has 2 aromatic carbocycles. The van der Waals surface area contributed by atoms with Crippen LogP contribution in [0.2, 0.25) is 0 Å². The number of para-hydroxylation sites is 1. The van der Waals surface area contributed by atoms with Crippen LogP contribution in [0.1, 0.15) is 24.4 Å². The van der Waals surface area contributed by atoms with Crippen LogP contribution in [0.5, 0.6) is 5.75 Å². The Kier molecular flexibility index (Phi) is 7.47. The maximum Gasteiger partial charge on any atom is 0.193 e. The molecule has 0 aromatic heterocycles. The highest BCUT2D eigenvalue weighted by Gasteiger charge is 2.24. The first-order chi connectivity index (χ1) is 14.1. The number of ether oxygens (including phenoxy) is 1. The number of nitrogens with zero attached hydrogens (tertiary/aromatic N) is 3. The summed E-state index contributed by atoms with van der Waals surface area (Å²) in [6.07, 6.45) is 2.14. The van der Waals surface area contributed by atoms with Crippen LogP contribution >= 0.6 is 0 Å². The Labute approximate surface area is 173 Å². The van der Waals surface area contributed by atoms with Crippen molar-refractivity contribution in [1.82, 2.24) is 15.1 Å². The van der Waals surface area contributed by atoms with Gasteiger partial charge in [-0.25, -0.2) is 4.39 Å². The minimum atomic E-state index is -0.209. The van der Waals surface area contributed by atoms with Gasteiger partial charge in [0.15, 0.2) is 5.96 Å². The van der Waals surface area contributed by atoms with Crippen molar-refractivity contribution in [3.63, 3.8) is 0 Å². The van der Waals surface area contributed by atoms with E-state index in [0.717, 1.165) is 43.2 Å². The maximum atomic E-state index is 13.7. The summed E-state index contributed by atoms with van der Waals surface area (Å²) >= 11 is 0. The molecular weight excluding hydrogens is 367 g/mol. The second kappa shape index (κ2) is 10.3. The monoisotopic (exact) mass is 398 g/mol. The number of likely N-dealkylation sites (tertiary alicyclic amines) is 1. The van der Waals surface area contributed by atoms with Crippen molar-refractivity contribution < 1.29 is 9.13 Å². The van der Waals surface area contributed by atoms with E-state index in [4.69, 9.17) is 4.74 Å². The summed E-state index contributed by atoms with van der Waals surface area (Å²) < 4.78 is 19.7. The number of benzene rings is 2. The van der Waals surface area contributed by atoms with Crippen LogP contribution < -0.4 is 10.1 Å². The van der Waals surface area contributed by atoms with E-state index in [-0.39, 0.29) is 18.0 Å². The number of piperidine rings is 1. The fourth-order valence-corrected chi connectivity index (χ4v) is 3.71. The first kappa shape index (κ1) is 21.1. The van der Waals surface area contributed by atoms with Crippen molar-refractivity contribution in [3.05, 3.63) is 66.0 Å². The first-order valence-electron chi connectivity index (χ1n) is 10.2. The minimum absolute atomic E-state index is 0.0569. The molecule has 0 spiro atoms. The highest BCUT2D eigenvalue weighted by molar-refractivity contribution is 5.80. The third kappa shape index (κ3) is 5.94. The van der Waals surface area contributed by atoms with Crippen LogP contribution in [0.25, 0.3) is 0 Å². The average molecular weight is 399 g/mol. The van der Waals surface area contributed by atoms with Gasteiger partial charge in [0, 0.05) is 39.5 Å². The van der Waals surface area contributed by atoms with Crippen molar-refractivity contribution in [2.45, 2.75) is 25.0 Å². The molecule has 29 heavy (non-hydrogen) atoms. The second-order valence-corrected chi connectivity index (χ2v) is 7.58. The number of rotatable bonds is 6. The lowest BCUT2D eigenvalue weighted by Crippen LogP contribution is -2.49. The number of hydrogen-bond acceptors (Lipinski definition) is 3. The second-order valence-electron chi connectivity index (χ2n) is 7.58. The molecule has 0 radical (unpaired) electrons. The smallest absolute Gasteiger partial charge is 0.193 e. The zero-order valence-corrected chi connectivity index (χ0v) is 17.5. The summed E-state index contributed by atoms with van der Waals surface area (Å²) in [5.74, 6) is 1.60. The van der Waals surface area contributed by atoms with Crippen LogP contribution in [0.3, 0.4) is 0 Å². The molecule has 156 valence electrons. The molecule has 1 aliphatic heterocycles. The van der Waals surface area contributed by atoms with E-state index < -0.39 is 0 Å². The summed E-state index contributed by atoms with van der Waals surface area (Å²) in [5.41, 5.74) is 0.952. The van der Waals surface area contributed by atoms with Crippen molar-refractivity contribution in [2.24, 2.45) is 4.99 Å². The normalized spacial score (nSPS) is 16.7. The summed E-state index contributed by atoms with van der Waals surface area (Å²) in [5, 5.41) is 3.47. The number of guanidine groups is 1. The highest BCUT2D eigenvalue weighted by Crippen LogP contribution is 2.20. The zero-order chi connectivity index (χ0) is 20.6. The number of aliphatic imine (C=N–C) groups is 1. The molecule has 0 bridgehead atoms. The number of hydrogen-bond donors (Lipinski definition) is 1. The van der Waals surface area contributed by atoms with Crippen LogP contribution in [0.15, 0.2) is 59.6 Å². The van der Waals surface area contributed by atoms with E-state index in [2.05, 4.69) is 20.1 Å². The molecule has 5 nitrogen and oxygen atoms in total. The van der Waals surface area contributed by atoms with E-state index in [9.17, 15) is 4.39 Å². The third-order valence-electron chi connectivity index (χ3n) is 5.31. The molecule has 1 heterocycles. The van der Waals surface area contributed by atoms with Gasteiger partial charge in [-0.2, -0.15) is 0 Å². The Balaban J connectivity index is 1.53. The topological polar surface area (TPSA) is 40.1 Å². The van der Waals surface area contributed by atoms with Gasteiger partial charge in [-0.15, -0.1) is 0 Å². The van der Waals surface area contributed by atoms with Crippen LogP contribution in [0.4, 0.5) is 4.39 Å². The third-order valence-corrected chi connectivity index (χ3v) is 5.31. The van der Waals surface area contributed by atoms with Crippen molar-refractivity contribution in [1.29, 1.82) is 0 Å². The lowest BCUT2D eigenvalue weighted by Gasteiger charge is -2.35. The van der Waals surface area contributed by atoms with Crippen LogP contribution in [0, 0.1) is 5.82 Å². The number of likely N-dealkylation sites (N-methyl/N-ethyl adjacent to an activating group) is 1. The lowest BCUT2D eigenvalue weighted by atomic mass is 10.1. The van der Waals surface area contributed by atoms with Gasteiger partial charge >= 0.3 is 0 Å². The number of halogens is 1. The lowest BCUT2D eigenvalue weighted by molar-refractivity contribution is 0.129. The summed E-state index contributed by atoms with van der Waals surface area (Å²) in [6.45, 7) is 2.44. The molecule has 1 unspecified atom stereocenters. The van der Waals surface area contributed by atoms with E-state index in [1.54, 1.807) is 12.1 Å². The van der Waals surface area contributed by atoms with E-state index in [1.807, 2.05) is 57.5 Å². The summed E-state index contributed by atoms with van der Waals surface area (Å²) in [7, 11) is 5.82. The Morgan fingerprint density at radius 3 is 2.52 bits per heavy atom. The number of nitrogens with one attached hydrogen (secondary N) is 1. The highest BCUT2D eigenvalue weighted by atomic mass is 19.1. The molecule has 1 atom stereocenters. The van der Waals surface area contributed by atoms with Gasteiger partial charge in [-0.3, -0.25) is 4.99 Å². The largest absolute Gasteiger partial charge is 0.490 e. The van der Waals surface area contributed by atoms with Gasteiger partial charge < -0.3 is 19.9 Å². The SMILES string of the molecule is CN=C(NCC(c1cccc(F)c1)N(C)C)N1CCC(Oc2ccccc2)CC1. The fourth-order valence-electron chi connectivity index (χ4n) is 3.71. The molecule has 3 rings (SSSR count). The Morgan fingerprint density at radius 2 is 1.90 bits per heavy atom. The Hall–Kier alpha value is -2.60. The van der Waals surface area contributed by atoms with Gasteiger partial charge in [-0.1, -0.05) is 30.3 Å². The van der Waals surface area contributed by atoms with Crippen molar-refractivity contribution >= 4 is 5.96 Å². The summed E-state index contributed by atoms with van der Waals surface area (Å²) in [6, 6.07) is 16.8. The molecule has 1 aliphatic rings. The van der Waals surface area contributed by atoms with Crippen LogP contribution in [-0.4, -0.2) is 62.6 Å². The predicted octanol–water partition coefficient (Wildman–Crippen LogP) is 3.55. The van der Waals surface area contributed by atoms with E-state index in [0.29, 0.717) is 6.54 Å². The molecule has 1 fully saturated rings. The Morgan fingerprint density at radius 1 is 1.17 bits per heavy atom. The van der Waals surface area contributed by atoms with Crippen LogP contribution in [-0.2, 0) is 0 Å². The molecule has 0 amide bonds. The summed E-state index contributed by atoms with van der Waals surface area (Å²) in [4.78, 5) is 8.82. The molecule has 2 aromatic rings. The predicted molar refractivity (Wildman–Crippen MR) is 116 cm³/mol. The first-order valence-corrected chi connectivity index (χ1v) is 10.2. The van der Waals surface area contributed by atoms with Gasteiger partial charge in [0.05, 0.1) is 6.04 Å². The maximum absolute atomic E-state index is 13.7. The van der Waals surface area contributed by atoms with Crippen molar-refractivity contribution in [3.8, 4) is 5.75 Å². The van der Waals surface area contributed by atoms with Gasteiger partial charge in [0.25, 0.3) is 0 Å². The molecule has 0 aliphatic carbocycles. The van der Waals surface area contributed by atoms with Gasteiger partial charge in [0.2, 0.25) is 0 Å². The Bertz CT molecular complexity index is 788. The average Bonchev–Trinajstić information content (AvgIpc) is 2.72. The van der Waals surface area contributed by atoms with Gasteiger partial charge in [-0.05, 0) is 43.9 Å².